The number of aryl methyl sites for hydroxylation is 1. The van der Waals surface area contributed by atoms with Gasteiger partial charge in [-0.25, -0.2) is 9.37 Å². The Labute approximate surface area is 183 Å². The lowest BCUT2D eigenvalue weighted by Gasteiger charge is -2.37. The number of rotatable bonds is 4. The van der Waals surface area contributed by atoms with Crippen LogP contribution in [0.15, 0.2) is 54.1 Å². The standard InChI is InChI=1S/C23H19FN6S/c1-16-14-29(15-26-16)21-9-3-17(20-13-27-31-23(20)21)4-10-22-25-11-12-30(28(22)2)19-7-5-18(24)6-8-19/h4-8,10,13-15H,11-12H2,1-2H3. The second-order valence-electron chi connectivity index (χ2n) is 7.20. The van der Waals surface area contributed by atoms with Crippen molar-refractivity contribution in [1.82, 2.24) is 18.9 Å². The molecule has 1 aliphatic heterocycles. The summed E-state index contributed by atoms with van der Waals surface area (Å²) in [5.41, 5.74) is 3.66. The van der Waals surface area contributed by atoms with Crippen LogP contribution < -0.4 is 5.01 Å². The molecule has 2 aromatic carbocycles. The highest BCUT2D eigenvalue weighted by Crippen LogP contribution is 2.27. The minimum Gasteiger partial charge on any atom is -0.297 e. The molecule has 0 fully saturated rings. The highest BCUT2D eigenvalue weighted by molar-refractivity contribution is 7.13. The van der Waals surface area contributed by atoms with Crippen molar-refractivity contribution in [3.8, 4) is 5.69 Å². The Hall–Kier alpha value is -3.70. The topological polar surface area (TPSA) is 49.6 Å². The van der Waals surface area contributed by atoms with Gasteiger partial charge in [-0.15, -0.1) is 0 Å². The fourth-order valence-electron chi connectivity index (χ4n) is 3.58. The summed E-state index contributed by atoms with van der Waals surface area (Å²) in [7, 11) is 1.95. The van der Waals surface area contributed by atoms with Crippen LogP contribution in [0.2, 0.25) is 0 Å². The van der Waals surface area contributed by atoms with Crippen LogP contribution in [-0.2, 0) is 0 Å². The van der Waals surface area contributed by atoms with E-state index in [9.17, 15) is 4.39 Å². The molecule has 6 nitrogen and oxygen atoms in total. The molecule has 0 amide bonds. The zero-order valence-electron chi connectivity index (χ0n) is 17.1. The Morgan fingerprint density at radius 2 is 2.00 bits per heavy atom. The molecule has 2 aromatic heterocycles. The number of fused-ring (bicyclic) bond motifs is 1. The number of aliphatic imine (C=N–C) groups is 1. The maximum atomic E-state index is 13.3. The molecule has 0 radical (unpaired) electrons. The number of anilines is 1. The first-order valence-electron chi connectivity index (χ1n) is 9.82. The summed E-state index contributed by atoms with van der Waals surface area (Å²) < 4.78 is 20.6. The Morgan fingerprint density at radius 1 is 1.16 bits per heavy atom. The number of hydrogen-bond donors (Lipinski definition) is 0. The van der Waals surface area contributed by atoms with Gasteiger partial charge >= 0.3 is 0 Å². The number of hydrogen-bond acceptors (Lipinski definition) is 6. The lowest BCUT2D eigenvalue weighted by atomic mass is 10.1. The number of aromatic nitrogens is 3. The van der Waals surface area contributed by atoms with E-state index < -0.39 is 0 Å². The average Bonchev–Trinajstić information content (AvgIpc) is 3.43. The van der Waals surface area contributed by atoms with Gasteiger partial charge in [0, 0.05) is 30.4 Å². The minimum atomic E-state index is -0.244. The lowest BCUT2D eigenvalue weighted by molar-refractivity contribution is 0.440. The molecular formula is C23H19FN6S. The van der Waals surface area contributed by atoms with Crippen molar-refractivity contribution in [3.05, 3.63) is 78.3 Å². The van der Waals surface area contributed by atoms with E-state index in [0.717, 1.165) is 45.1 Å². The van der Waals surface area contributed by atoms with E-state index in [-0.39, 0.29) is 5.82 Å². The molecule has 0 spiro atoms. The van der Waals surface area contributed by atoms with Gasteiger partial charge in [0.2, 0.25) is 0 Å². The number of halogens is 1. The van der Waals surface area contributed by atoms with Crippen LogP contribution >= 0.6 is 11.5 Å². The van der Waals surface area contributed by atoms with Crippen molar-refractivity contribution in [2.24, 2.45) is 4.99 Å². The van der Waals surface area contributed by atoms with E-state index >= 15 is 0 Å². The van der Waals surface area contributed by atoms with Crippen molar-refractivity contribution in [3.63, 3.8) is 0 Å². The third-order valence-corrected chi connectivity index (χ3v) is 5.97. The van der Waals surface area contributed by atoms with Gasteiger partial charge in [0.15, 0.2) is 0 Å². The zero-order chi connectivity index (χ0) is 21.4. The maximum Gasteiger partial charge on any atom is 0.142 e. The smallest absolute Gasteiger partial charge is 0.142 e. The predicted octanol–water partition coefficient (Wildman–Crippen LogP) is 4.31. The summed E-state index contributed by atoms with van der Waals surface area (Å²) in [6.45, 7) is 3.35. The van der Waals surface area contributed by atoms with Gasteiger partial charge in [-0.05, 0) is 60.9 Å². The molecule has 3 heterocycles. The quantitative estimate of drug-likeness (QED) is 0.484. The van der Waals surface area contributed by atoms with Crippen LogP contribution in [0.4, 0.5) is 10.1 Å². The van der Waals surface area contributed by atoms with Gasteiger partial charge in [-0.3, -0.25) is 19.6 Å². The molecule has 0 atom stereocenters. The van der Waals surface area contributed by atoms with Crippen LogP contribution in [0.25, 0.3) is 21.8 Å². The number of hydrazine groups is 1. The van der Waals surface area contributed by atoms with E-state index in [1.165, 1.54) is 23.7 Å². The molecule has 5 rings (SSSR count). The predicted molar refractivity (Wildman–Crippen MR) is 122 cm³/mol. The summed E-state index contributed by atoms with van der Waals surface area (Å²) in [5, 5.41) is 5.06. The fraction of sp³-hybridized carbons (Fsp3) is 0.174. The third-order valence-electron chi connectivity index (χ3n) is 5.16. The molecule has 1 aliphatic rings. The molecule has 8 heteroatoms. The number of likely N-dealkylation sites (N-methyl/N-ethyl adjacent to an activating group) is 1. The number of nitrogens with zero attached hydrogens (tertiary/aromatic N) is 6. The van der Waals surface area contributed by atoms with Gasteiger partial charge in [0.25, 0.3) is 0 Å². The number of imidazole rings is 1. The first kappa shape index (κ1) is 19.3. The average molecular weight is 431 g/mol. The van der Waals surface area contributed by atoms with Crippen molar-refractivity contribution in [2.75, 3.05) is 25.1 Å². The largest absolute Gasteiger partial charge is 0.297 e. The van der Waals surface area contributed by atoms with Crippen molar-refractivity contribution >= 4 is 39.2 Å². The van der Waals surface area contributed by atoms with Gasteiger partial charge < -0.3 is 0 Å². The van der Waals surface area contributed by atoms with E-state index in [1.807, 2.05) is 48.1 Å². The third kappa shape index (κ3) is 3.64. The van der Waals surface area contributed by atoms with Crippen LogP contribution in [0.3, 0.4) is 0 Å². The second-order valence-corrected chi connectivity index (χ2v) is 8.00. The molecule has 0 N–H and O–H groups in total. The Morgan fingerprint density at radius 3 is 2.77 bits per heavy atom. The van der Waals surface area contributed by atoms with Crippen LogP contribution in [0, 0.1) is 24.9 Å². The van der Waals surface area contributed by atoms with Crippen LogP contribution in [0.5, 0.6) is 0 Å². The zero-order valence-corrected chi connectivity index (χ0v) is 17.9. The normalized spacial score (nSPS) is 14.4. The molecule has 0 unspecified atom stereocenters. The van der Waals surface area contributed by atoms with Crippen molar-refractivity contribution < 1.29 is 4.39 Å². The molecule has 154 valence electrons. The lowest BCUT2D eigenvalue weighted by Crippen LogP contribution is -2.48. The van der Waals surface area contributed by atoms with E-state index in [2.05, 4.69) is 31.5 Å². The first-order valence-corrected chi connectivity index (χ1v) is 10.6. The van der Waals surface area contributed by atoms with E-state index in [4.69, 9.17) is 0 Å². The number of benzene rings is 1. The monoisotopic (exact) mass is 430 g/mol. The minimum absolute atomic E-state index is 0.244. The highest BCUT2D eigenvalue weighted by atomic mass is 32.1. The van der Waals surface area contributed by atoms with Gasteiger partial charge in [0.1, 0.15) is 17.3 Å². The van der Waals surface area contributed by atoms with Gasteiger partial charge in [0.05, 0.1) is 35.5 Å². The summed E-state index contributed by atoms with van der Waals surface area (Å²) >= 11 is 1.43. The Balaban J connectivity index is 1.43. The first-order chi connectivity index (χ1) is 15.1. The maximum absolute atomic E-state index is 13.3. The molecule has 31 heavy (non-hydrogen) atoms. The molecule has 4 aromatic rings. The van der Waals surface area contributed by atoms with Gasteiger partial charge in [-0.2, -0.15) is 4.37 Å². The Bertz CT molecular complexity index is 1290. The van der Waals surface area contributed by atoms with E-state index in [0.29, 0.717) is 6.54 Å². The summed E-state index contributed by atoms with van der Waals surface area (Å²) in [6, 6.07) is 13.0. The molecule has 0 bridgehead atoms. The Kier molecular flexibility index (Phi) is 4.88. The highest BCUT2D eigenvalue weighted by Gasteiger charge is 2.19. The second kappa shape index (κ2) is 7.85. The molecule has 0 saturated heterocycles. The van der Waals surface area contributed by atoms with Crippen LogP contribution in [-0.4, -0.2) is 44.9 Å². The summed E-state index contributed by atoms with van der Waals surface area (Å²) in [5.74, 6) is 0.571. The van der Waals surface area contributed by atoms with Crippen molar-refractivity contribution in [1.29, 1.82) is 0 Å². The van der Waals surface area contributed by atoms with Crippen LogP contribution in [0.1, 0.15) is 11.3 Å². The summed E-state index contributed by atoms with van der Waals surface area (Å²) in [4.78, 5) is 8.95. The molecule has 0 aliphatic carbocycles. The SMILES string of the molecule is Cc1cn(-c2c#cc(C=CC3=NCCN(c4ccc(F)cc4)N3C)c3cnsc23)cn1. The molecule has 0 saturated carbocycles. The number of amidine groups is 1. The molecular weight excluding hydrogens is 411 g/mol. The van der Waals surface area contributed by atoms with E-state index in [1.54, 1.807) is 18.5 Å². The van der Waals surface area contributed by atoms with Crippen molar-refractivity contribution in [2.45, 2.75) is 6.92 Å². The summed E-state index contributed by atoms with van der Waals surface area (Å²) in [6.07, 6.45) is 9.55. The van der Waals surface area contributed by atoms with Gasteiger partial charge in [-0.1, -0.05) is 6.07 Å². The fourth-order valence-corrected chi connectivity index (χ4v) is 4.35.